The lowest BCUT2D eigenvalue weighted by molar-refractivity contribution is -0.380. The number of nitrogens with zero attached hydrogens (tertiary/aromatic N) is 4. The van der Waals surface area contributed by atoms with E-state index in [2.05, 4.69) is 4.98 Å². The molecule has 1 saturated heterocycles. The lowest BCUT2D eigenvalue weighted by Crippen LogP contribution is -2.50. The normalized spacial score (nSPS) is 19.8. The van der Waals surface area contributed by atoms with Crippen LogP contribution in [0, 0.1) is 10.1 Å². The van der Waals surface area contributed by atoms with Crippen LogP contribution in [-0.2, 0) is 29.5 Å². The highest BCUT2D eigenvalue weighted by Gasteiger charge is 2.50. The summed E-state index contributed by atoms with van der Waals surface area (Å²) in [4.78, 5) is 81.9. The number of esters is 2. The smallest absolute Gasteiger partial charge is 0.418 e. The molecule has 3 N–H and O–H groups in total. The molecule has 0 spiro atoms. The van der Waals surface area contributed by atoms with E-state index >= 15 is 0 Å². The molecule has 1 fully saturated rings. The number of carbonyl (C=O) groups excluding carboxylic acids is 4. The average molecular weight is 631 g/mol. The molecule has 0 bridgehead atoms. The minimum absolute atomic E-state index is 0.0566. The maximum absolute atomic E-state index is 13.8. The number of hydrogen-bond acceptors (Lipinski definition) is 17. The summed E-state index contributed by atoms with van der Waals surface area (Å²) in [6, 6.07) is 2.48. The maximum atomic E-state index is 13.8. The first-order valence-corrected chi connectivity index (χ1v) is 12.9. The van der Waals surface area contributed by atoms with Crippen molar-refractivity contribution in [3.63, 3.8) is 0 Å². The summed E-state index contributed by atoms with van der Waals surface area (Å²) in [6.07, 6.45) is -8.77. The van der Waals surface area contributed by atoms with Crippen molar-refractivity contribution in [3.8, 4) is 11.6 Å². The molecule has 234 valence electrons. The minimum atomic E-state index is -2.00. The zero-order chi connectivity index (χ0) is 32.4. The SMILES string of the molecule is CC(=O)Oc1c(N(C(=O)OC(C)(C)c2ccc([N+](=O)[O-])s2)[C@@H]2O[C@H](CO)[C@@H](O)[C@@H]2O)nc(=O)n(OC(C)=O)c1OC(C)=O. The van der Waals surface area contributed by atoms with Gasteiger partial charge in [0.1, 0.15) is 23.9 Å². The minimum Gasteiger partial charge on any atom is -0.437 e. The third-order valence-electron chi connectivity index (χ3n) is 5.57. The molecule has 0 radical (unpaired) electrons. The molecule has 4 atom stereocenters. The van der Waals surface area contributed by atoms with Gasteiger partial charge in [0.15, 0.2) is 12.0 Å². The summed E-state index contributed by atoms with van der Waals surface area (Å²) >= 11 is 0.673. The van der Waals surface area contributed by atoms with Crippen molar-refractivity contribution in [2.75, 3.05) is 11.5 Å². The molecule has 0 saturated carbocycles. The molecule has 3 heterocycles. The first kappa shape index (κ1) is 33.0. The van der Waals surface area contributed by atoms with E-state index in [1.165, 1.54) is 26.0 Å². The number of rotatable bonds is 9. The van der Waals surface area contributed by atoms with Crippen LogP contribution in [0.25, 0.3) is 0 Å². The van der Waals surface area contributed by atoms with Crippen LogP contribution in [0.4, 0.5) is 15.6 Å². The Morgan fingerprint density at radius 2 is 1.74 bits per heavy atom. The van der Waals surface area contributed by atoms with Gasteiger partial charge in [0.2, 0.25) is 5.75 Å². The van der Waals surface area contributed by atoms with E-state index in [1.54, 1.807) is 0 Å². The molecule has 20 heteroatoms. The lowest BCUT2D eigenvalue weighted by Gasteiger charge is -2.33. The van der Waals surface area contributed by atoms with Crippen LogP contribution in [-0.4, -0.2) is 85.1 Å². The van der Waals surface area contributed by atoms with Crippen molar-refractivity contribution in [2.45, 2.75) is 64.8 Å². The van der Waals surface area contributed by atoms with E-state index in [4.69, 9.17) is 23.8 Å². The third kappa shape index (κ3) is 7.11. The van der Waals surface area contributed by atoms with Gasteiger partial charge in [-0.2, -0.15) is 4.98 Å². The van der Waals surface area contributed by atoms with Crippen molar-refractivity contribution in [1.82, 2.24) is 9.71 Å². The van der Waals surface area contributed by atoms with Crippen LogP contribution >= 0.6 is 11.3 Å². The Balaban J connectivity index is 2.28. The highest BCUT2D eigenvalue weighted by atomic mass is 32.1. The first-order chi connectivity index (χ1) is 20.0. The third-order valence-corrected chi connectivity index (χ3v) is 6.91. The monoisotopic (exact) mass is 630 g/mol. The summed E-state index contributed by atoms with van der Waals surface area (Å²) < 4.78 is 21.2. The molecular weight excluding hydrogens is 604 g/mol. The van der Waals surface area contributed by atoms with E-state index in [-0.39, 0.29) is 14.6 Å². The summed E-state index contributed by atoms with van der Waals surface area (Å²) in [5.41, 5.74) is -3.14. The van der Waals surface area contributed by atoms with Gasteiger partial charge >= 0.3 is 34.7 Å². The molecule has 19 nitrogen and oxygen atoms in total. The fraction of sp³-hybridized carbons (Fsp3) is 0.478. The standard InChI is InChI=1S/C23H26N4O15S/c1-9(29)38-17-18(24-21(34)26(42-11(3)31)20(17)39-10(2)30)25(19-16(33)15(32)12(8-28)40-19)22(35)41-23(4,5)13-6-7-14(43-13)27(36)37/h6-7,12,15-16,19,28,32-33H,8H2,1-5H3/t12-,15-,16+,19-/m1/s1. The number of carbonyl (C=O) groups is 4. The van der Waals surface area contributed by atoms with Crippen LogP contribution in [0.2, 0.25) is 0 Å². The summed E-state index contributed by atoms with van der Waals surface area (Å²) in [5, 5.41) is 41.6. The van der Waals surface area contributed by atoms with Gasteiger partial charge in [-0.15, -0.1) is 0 Å². The van der Waals surface area contributed by atoms with Crippen molar-refractivity contribution in [2.24, 2.45) is 0 Å². The molecule has 0 aliphatic carbocycles. The Hall–Kier alpha value is -4.50. The quantitative estimate of drug-likeness (QED) is 0.177. The maximum Gasteiger partial charge on any atom is 0.418 e. The van der Waals surface area contributed by atoms with Gasteiger partial charge in [0.25, 0.3) is 5.88 Å². The molecule has 1 aliphatic rings. The lowest BCUT2D eigenvalue weighted by atomic mass is 10.1. The fourth-order valence-corrected chi connectivity index (χ4v) is 4.62. The van der Waals surface area contributed by atoms with Gasteiger partial charge in [-0.25, -0.2) is 19.3 Å². The molecule has 2 aromatic rings. The number of nitro groups is 1. The van der Waals surface area contributed by atoms with E-state index in [1.807, 2.05) is 0 Å². The number of aliphatic hydroxyl groups excluding tert-OH is 3. The Labute approximate surface area is 244 Å². The highest BCUT2D eigenvalue weighted by Crippen LogP contribution is 2.41. The van der Waals surface area contributed by atoms with E-state index in [0.29, 0.717) is 16.2 Å². The number of hydrogen-bond donors (Lipinski definition) is 3. The van der Waals surface area contributed by atoms with E-state index in [0.717, 1.165) is 20.8 Å². The summed E-state index contributed by atoms with van der Waals surface area (Å²) in [5.74, 6) is -6.33. The zero-order valence-corrected chi connectivity index (χ0v) is 23.9. The molecule has 0 aromatic carbocycles. The van der Waals surface area contributed by atoms with Gasteiger partial charge in [-0.1, -0.05) is 16.1 Å². The largest absolute Gasteiger partial charge is 0.437 e. The Morgan fingerprint density at radius 1 is 1.12 bits per heavy atom. The van der Waals surface area contributed by atoms with Crippen LogP contribution < -0.4 is 24.9 Å². The number of anilines is 1. The summed E-state index contributed by atoms with van der Waals surface area (Å²) in [7, 11) is 0. The zero-order valence-electron chi connectivity index (χ0n) is 23.1. The Morgan fingerprint density at radius 3 is 2.23 bits per heavy atom. The number of ether oxygens (including phenoxy) is 4. The van der Waals surface area contributed by atoms with E-state index in [9.17, 15) is 49.4 Å². The average Bonchev–Trinajstić information content (AvgIpc) is 3.50. The second-order valence-electron chi connectivity index (χ2n) is 9.29. The van der Waals surface area contributed by atoms with Crippen LogP contribution in [0.5, 0.6) is 11.6 Å². The number of amides is 1. The van der Waals surface area contributed by atoms with Gasteiger partial charge < -0.3 is 39.1 Å². The van der Waals surface area contributed by atoms with Crippen molar-refractivity contribution >= 4 is 46.2 Å². The van der Waals surface area contributed by atoms with Crippen molar-refractivity contribution in [1.29, 1.82) is 0 Å². The van der Waals surface area contributed by atoms with Crippen LogP contribution in [0.15, 0.2) is 16.9 Å². The van der Waals surface area contributed by atoms with Gasteiger partial charge in [-0.05, 0) is 19.9 Å². The van der Waals surface area contributed by atoms with Gasteiger partial charge in [0, 0.05) is 26.8 Å². The number of thiophene rings is 1. The molecular formula is C23H26N4O15S. The van der Waals surface area contributed by atoms with Crippen molar-refractivity contribution in [3.05, 3.63) is 37.6 Å². The van der Waals surface area contributed by atoms with Crippen LogP contribution in [0.3, 0.4) is 0 Å². The highest BCUT2D eigenvalue weighted by molar-refractivity contribution is 7.15. The van der Waals surface area contributed by atoms with Crippen molar-refractivity contribution < 1.29 is 63.2 Å². The predicted octanol–water partition coefficient (Wildman–Crippen LogP) is -0.644. The molecule has 1 aliphatic heterocycles. The van der Waals surface area contributed by atoms with Crippen LogP contribution in [0.1, 0.15) is 39.5 Å². The molecule has 0 unspecified atom stereocenters. The first-order valence-electron chi connectivity index (χ1n) is 12.1. The van der Waals surface area contributed by atoms with Gasteiger partial charge in [-0.3, -0.25) is 19.7 Å². The number of aliphatic hydroxyl groups is 3. The topological polar surface area (TPSA) is 256 Å². The second kappa shape index (κ2) is 12.8. The molecule has 43 heavy (non-hydrogen) atoms. The molecule has 1 amide bonds. The number of aromatic nitrogens is 2. The Kier molecular flexibility index (Phi) is 9.82. The molecule has 3 rings (SSSR count). The second-order valence-corrected chi connectivity index (χ2v) is 10.4. The Bertz CT molecular complexity index is 1500. The molecule has 2 aromatic heterocycles. The summed E-state index contributed by atoms with van der Waals surface area (Å²) in [6.45, 7) is 4.48. The van der Waals surface area contributed by atoms with E-state index < -0.39 is 88.8 Å². The van der Waals surface area contributed by atoms with Gasteiger partial charge in [0.05, 0.1) is 16.4 Å². The predicted molar refractivity (Wildman–Crippen MR) is 139 cm³/mol. The fourth-order valence-electron chi connectivity index (χ4n) is 3.76.